The molecule has 200 valence electrons. The lowest BCUT2D eigenvalue weighted by atomic mass is 9.94. The second kappa shape index (κ2) is 10.1. The van der Waals surface area contributed by atoms with E-state index >= 15 is 0 Å². The predicted molar refractivity (Wildman–Crippen MR) is 142 cm³/mol. The summed E-state index contributed by atoms with van der Waals surface area (Å²) in [6.45, 7) is 3.42. The Balaban J connectivity index is 1.55. The number of nitrogen functional groups attached to an aromatic ring is 1. The van der Waals surface area contributed by atoms with E-state index in [0.29, 0.717) is 48.2 Å². The largest absolute Gasteiger partial charge is 0.393 e. The van der Waals surface area contributed by atoms with Gasteiger partial charge in [0.15, 0.2) is 11.5 Å². The van der Waals surface area contributed by atoms with E-state index in [9.17, 15) is 23.0 Å². The zero-order valence-corrected chi connectivity index (χ0v) is 21.9. The Kier molecular flexibility index (Phi) is 6.95. The van der Waals surface area contributed by atoms with Gasteiger partial charge in [0, 0.05) is 23.4 Å². The number of nitrogens with one attached hydrogen (secondary N) is 1. The molecule has 1 atom stereocenters. The molecule has 0 radical (unpaired) electrons. The molecule has 1 aliphatic rings. The van der Waals surface area contributed by atoms with Gasteiger partial charge in [-0.15, -0.1) is 0 Å². The lowest BCUT2D eigenvalue weighted by molar-refractivity contribution is 0.120. The summed E-state index contributed by atoms with van der Waals surface area (Å²) in [4.78, 5) is 8.83. The van der Waals surface area contributed by atoms with E-state index < -0.39 is 21.9 Å². The molecule has 1 fully saturated rings. The first-order valence-corrected chi connectivity index (χ1v) is 13.9. The number of benzene rings is 2. The van der Waals surface area contributed by atoms with Gasteiger partial charge in [-0.25, -0.2) is 27.5 Å². The molecule has 4 aromatic rings. The maximum Gasteiger partial charge on any atom is 0.240 e. The molecule has 5 rings (SSSR count). The van der Waals surface area contributed by atoms with E-state index in [0.717, 1.165) is 5.56 Å². The van der Waals surface area contributed by atoms with E-state index in [4.69, 9.17) is 5.73 Å². The molecule has 0 saturated heterocycles. The maximum atomic E-state index is 14.9. The summed E-state index contributed by atoms with van der Waals surface area (Å²) in [5, 5.41) is 19.5. The zero-order valence-electron chi connectivity index (χ0n) is 21.1. The number of nitrogens with two attached hydrogens (primary N) is 1. The first-order valence-electron chi connectivity index (χ1n) is 12.5. The highest BCUT2D eigenvalue weighted by Gasteiger charge is 2.26. The second-order valence-electron chi connectivity index (χ2n) is 9.87. The minimum Gasteiger partial charge on any atom is -0.393 e. The number of hydrogen-bond donors (Lipinski definition) is 4. The molecule has 5 N–H and O–H groups in total. The molecule has 0 bridgehead atoms. The highest BCUT2D eigenvalue weighted by Crippen LogP contribution is 2.32. The van der Waals surface area contributed by atoms with Gasteiger partial charge in [0.2, 0.25) is 10.0 Å². The monoisotopic (exact) mass is 539 g/mol. The van der Waals surface area contributed by atoms with Crippen molar-refractivity contribution in [3.05, 3.63) is 65.7 Å². The Hall–Kier alpha value is -3.38. The molecule has 2 aromatic heterocycles. The van der Waals surface area contributed by atoms with Crippen molar-refractivity contribution >= 4 is 21.5 Å². The van der Waals surface area contributed by atoms with Crippen LogP contribution in [0.2, 0.25) is 0 Å². The van der Waals surface area contributed by atoms with Gasteiger partial charge >= 0.3 is 0 Å². The number of aromatic nitrogens is 3. The first-order chi connectivity index (χ1) is 18.0. The highest BCUT2D eigenvalue weighted by atomic mass is 32.2. The third-order valence-electron chi connectivity index (χ3n) is 7.08. The van der Waals surface area contributed by atoms with E-state index in [1.165, 1.54) is 12.1 Å². The summed E-state index contributed by atoms with van der Waals surface area (Å²) in [7, 11) is -3.81. The molecular weight excluding hydrogens is 509 g/mol. The summed E-state index contributed by atoms with van der Waals surface area (Å²) < 4.78 is 45.8. The van der Waals surface area contributed by atoms with Crippen molar-refractivity contribution in [1.82, 2.24) is 19.1 Å². The SMILES string of the molecule is Cc1ccc(S(=O)(=O)NC2CCC(O)CC2)cc1-c1cnc2c(N)nc(-c3ccc(C(C)O)cc3F)cn12. The summed E-state index contributed by atoms with van der Waals surface area (Å²) in [5.41, 5.74) is 9.48. The van der Waals surface area contributed by atoms with Crippen molar-refractivity contribution in [2.24, 2.45) is 0 Å². The van der Waals surface area contributed by atoms with Crippen molar-refractivity contribution < 1.29 is 23.0 Å². The molecule has 1 aliphatic carbocycles. The minimum absolute atomic E-state index is 0.0929. The van der Waals surface area contributed by atoms with Crippen molar-refractivity contribution in [2.75, 3.05) is 5.73 Å². The zero-order chi connectivity index (χ0) is 27.2. The van der Waals surface area contributed by atoms with Crippen LogP contribution in [-0.4, -0.2) is 45.1 Å². The normalized spacial score (nSPS) is 19.1. The average Bonchev–Trinajstić information content (AvgIpc) is 3.29. The fraction of sp³-hybridized carbons (Fsp3) is 0.333. The van der Waals surface area contributed by atoms with Crippen LogP contribution in [0.25, 0.3) is 28.2 Å². The van der Waals surface area contributed by atoms with Gasteiger partial charge in [-0.2, -0.15) is 0 Å². The Morgan fingerprint density at radius 1 is 1.13 bits per heavy atom. The molecule has 2 heterocycles. The van der Waals surface area contributed by atoms with Crippen LogP contribution in [-0.2, 0) is 10.0 Å². The number of aliphatic hydroxyl groups excluding tert-OH is 2. The van der Waals surface area contributed by atoms with E-state index in [1.807, 2.05) is 6.92 Å². The molecule has 1 saturated carbocycles. The van der Waals surface area contributed by atoms with Crippen molar-refractivity contribution in [2.45, 2.75) is 62.7 Å². The lowest BCUT2D eigenvalue weighted by Gasteiger charge is -2.26. The van der Waals surface area contributed by atoms with Gasteiger partial charge in [-0.05, 0) is 74.9 Å². The quantitative estimate of drug-likeness (QED) is 0.292. The van der Waals surface area contributed by atoms with E-state index in [1.54, 1.807) is 48.0 Å². The number of aryl methyl sites for hydroxylation is 1. The number of fused-ring (bicyclic) bond motifs is 1. The Morgan fingerprint density at radius 2 is 1.87 bits per heavy atom. The number of halogens is 1. The summed E-state index contributed by atoms with van der Waals surface area (Å²) in [6, 6.07) is 9.07. The standard InChI is InChI=1S/C27H30FN5O4S/c1-15-3-9-20(38(36,37)32-18-5-7-19(35)8-6-18)12-22(15)25-13-30-27-26(29)31-24(14-33(25)27)21-10-4-17(16(2)34)11-23(21)28/h3-4,9-14,16,18-19,32,34-35H,5-8H2,1-2H3,(H2,29,31). The number of imidazole rings is 1. The summed E-state index contributed by atoms with van der Waals surface area (Å²) >= 11 is 0. The van der Waals surface area contributed by atoms with Crippen LogP contribution in [0.15, 0.2) is 53.7 Å². The number of hydrogen-bond acceptors (Lipinski definition) is 7. The van der Waals surface area contributed by atoms with Crippen LogP contribution in [0, 0.1) is 12.7 Å². The van der Waals surface area contributed by atoms with Crippen LogP contribution < -0.4 is 10.5 Å². The van der Waals surface area contributed by atoms with Gasteiger partial charge in [0.25, 0.3) is 0 Å². The Labute approximate surface area is 220 Å². The number of rotatable bonds is 6. The Morgan fingerprint density at radius 3 is 2.55 bits per heavy atom. The molecule has 11 heteroatoms. The summed E-state index contributed by atoms with van der Waals surface area (Å²) in [6.07, 6.45) is 4.28. The number of anilines is 1. The van der Waals surface area contributed by atoms with Crippen LogP contribution in [0.4, 0.5) is 10.2 Å². The fourth-order valence-corrected chi connectivity index (χ4v) is 6.20. The first kappa shape index (κ1) is 26.2. The van der Waals surface area contributed by atoms with Gasteiger partial charge in [-0.1, -0.05) is 12.1 Å². The maximum absolute atomic E-state index is 14.9. The fourth-order valence-electron chi connectivity index (χ4n) is 4.87. The molecule has 38 heavy (non-hydrogen) atoms. The Bertz CT molecular complexity index is 1610. The molecule has 0 amide bonds. The van der Waals surface area contributed by atoms with Crippen LogP contribution in [0.3, 0.4) is 0 Å². The predicted octanol–water partition coefficient (Wildman–Crippen LogP) is 3.73. The lowest BCUT2D eigenvalue weighted by Crippen LogP contribution is -2.38. The van der Waals surface area contributed by atoms with Crippen molar-refractivity contribution in [3.8, 4) is 22.5 Å². The van der Waals surface area contributed by atoms with Gasteiger partial charge in [-0.3, -0.25) is 4.40 Å². The summed E-state index contributed by atoms with van der Waals surface area (Å²) in [5.74, 6) is -0.461. The molecule has 2 aromatic carbocycles. The van der Waals surface area contributed by atoms with Crippen LogP contribution in [0.1, 0.15) is 49.8 Å². The third-order valence-corrected chi connectivity index (χ3v) is 8.60. The number of aliphatic hydroxyl groups is 2. The van der Waals surface area contributed by atoms with Crippen LogP contribution in [0.5, 0.6) is 0 Å². The highest BCUT2D eigenvalue weighted by molar-refractivity contribution is 7.89. The van der Waals surface area contributed by atoms with Gasteiger partial charge < -0.3 is 15.9 Å². The van der Waals surface area contributed by atoms with Crippen molar-refractivity contribution in [1.29, 1.82) is 0 Å². The minimum atomic E-state index is -3.81. The number of sulfonamides is 1. The van der Waals surface area contributed by atoms with Crippen LogP contribution >= 0.6 is 0 Å². The molecule has 0 spiro atoms. The number of nitrogens with zero attached hydrogens (tertiary/aromatic N) is 3. The van der Waals surface area contributed by atoms with Crippen molar-refractivity contribution in [3.63, 3.8) is 0 Å². The topological polar surface area (TPSA) is 143 Å². The third kappa shape index (κ3) is 5.02. The molecule has 0 aliphatic heterocycles. The molecule has 1 unspecified atom stereocenters. The average molecular weight is 540 g/mol. The second-order valence-corrected chi connectivity index (χ2v) is 11.6. The van der Waals surface area contributed by atoms with E-state index in [-0.39, 0.29) is 34.1 Å². The van der Waals surface area contributed by atoms with Gasteiger partial charge in [0.1, 0.15) is 5.82 Å². The molecular formula is C27H30FN5O4S. The smallest absolute Gasteiger partial charge is 0.240 e. The van der Waals surface area contributed by atoms with E-state index in [2.05, 4.69) is 14.7 Å². The van der Waals surface area contributed by atoms with Gasteiger partial charge in [0.05, 0.1) is 34.7 Å². The molecule has 9 nitrogen and oxygen atoms in total.